The van der Waals surface area contributed by atoms with Gasteiger partial charge in [-0.3, -0.25) is 9.59 Å². The molecule has 4 N–H and O–H groups in total. The van der Waals surface area contributed by atoms with Crippen molar-refractivity contribution in [2.75, 3.05) is 13.1 Å². The number of benzene rings is 1. The van der Waals surface area contributed by atoms with E-state index >= 15 is 0 Å². The van der Waals surface area contributed by atoms with Gasteiger partial charge in [0.2, 0.25) is 6.41 Å². The summed E-state index contributed by atoms with van der Waals surface area (Å²) in [6, 6.07) is 9.40. The van der Waals surface area contributed by atoms with E-state index in [0.29, 0.717) is 30.4 Å². The van der Waals surface area contributed by atoms with Crippen LogP contribution in [0.1, 0.15) is 36.5 Å². The quantitative estimate of drug-likeness (QED) is 0.251. The molecule has 5 nitrogen and oxygen atoms in total. The third kappa shape index (κ3) is 7.59. The number of amides is 1. The average Bonchev–Trinajstić information content (AvgIpc) is 2.53. The molecule has 1 amide bonds. The molecule has 120 valence electrons. The topological polar surface area (TPSA) is 84.2 Å². The number of nitrogens with one attached hydrogen (secondary N) is 2. The summed E-state index contributed by atoms with van der Waals surface area (Å²) in [5.74, 6) is -0.0764. The van der Waals surface area contributed by atoms with Gasteiger partial charge in [-0.15, -0.1) is 0 Å². The monoisotopic (exact) mass is 303 g/mol. The summed E-state index contributed by atoms with van der Waals surface area (Å²) in [6.45, 7) is 3.29. The Morgan fingerprint density at radius 3 is 2.68 bits per heavy atom. The summed E-state index contributed by atoms with van der Waals surface area (Å²) >= 11 is 0. The molecule has 1 aromatic rings. The van der Waals surface area contributed by atoms with Crippen LogP contribution in [0.15, 0.2) is 42.1 Å². The van der Waals surface area contributed by atoms with Crippen LogP contribution >= 0.6 is 0 Å². The molecule has 0 saturated carbocycles. The normalized spacial score (nSPS) is 12.7. The second-order valence-electron chi connectivity index (χ2n) is 5.30. The smallest absolute Gasteiger partial charge is 0.207 e. The van der Waals surface area contributed by atoms with E-state index in [0.717, 1.165) is 25.7 Å². The Morgan fingerprint density at radius 2 is 2.00 bits per heavy atom. The zero-order chi connectivity index (χ0) is 16.2. The van der Waals surface area contributed by atoms with Crippen LogP contribution in [-0.2, 0) is 4.79 Å². The number of hydrogen-bond acceptors (Lipinski definition) is 4. The maximum Gasteiger partial charge on any atom is 0.207 e. The summed E-state index contributed by atoms with van der Waals surface area (Å²) in [7, 11) is 0. The minimum Gasteiger partial charge on any atom is -0.401 e. The lowest BCUT2D eigenvalue weighted by molar-refractivity contribution is -0.109. The van der Waals surface area contributed by atoms with E-state index in [-0.39, 0.29) is 5.78 Å². The SMILES string of the molecule is CC(CCCCNC=O)NC/C(N)=C/C(=O)c1ccccc1. The first-order chi connectivity index (χ1) is 10.6. The van der Waals surface area contributed by atoms with E-state index < -0.39 is 0 Å². The van der Waals surface area contributed by atoms with Gasteiger partial charge in [0.05, 0.1) is 0 Å². The minimum atomic E-state index is -0.0764. The van der Waals surface area contributed by atoms with Gasteiger partial charge in [-0.1, -0.05) is 36.8 Å². The van der Waals surface area contributed by atoms with E-state index in [1.807, 2.05) is 18.2 Å². The fourth-order valence-corrected chi connectivity index (χ4v) is 2.04. The van der Waals surface area contributed by atoms with Gasteiger partial charge in [-0.2, -0.15) is 0 Å². The lowest BCUT2D eigenvalue weighted by Crippen LogP contribution is -2.30. The molecule has 0 aliphatic heterocycles. The third-order valence-corrected chi connectivity index (χ3v) is 3.32. The van der Waals surface area contributed by atoms with Crippen LogP contribution in [0.2, 0.25) is 0 Å². The molecule has 0 saturated heterocycles. The van der Waals surface area contributed by atoms with Crippen LogP contribution in [0.3, 0.4) is 0 Å². The Balaban J connectivity index is 2.26. The van der Waals surface area contributed by atoms with Gasteiger partial charge >= 0.3 is 0 Å². The molecule has 0 radical (unpaired) electrons. The Labute approximate surface area is 132 Å². The van der Waals surface area contributed by atoms with Gasteiger partial charge in [-0.25, -0.2) is 0 Å². The Morgan fingerprint density at radius 1 is 1.27 bits per heavy atom. The van der Waals surface area contributed by atoms with Crippen molar-refractivity contribution in [3.63, 3.8) is 0 Å². The highest BCUT2D eigenvalue weighted by Gasteiger charge is 2.04. The Kier molecular flexibility index (Phi) is 8.60. The van der Waals surface area contributed by atoms with Crippen LogP contribution in [0, 0.1) is 0 Å². The van der Waals surface area contributed by atoms with Crippen LogP contribution in [0.25, 0.3) is 0 Å². The van der Waals surface area contributed by atoms with Crippen molar-refractivity contribution in [2.24, 2.45) is 5.73 Å². The van der Waals surface area contributed by atoms with Crippen molar-refractivity contribution >= 4 is 12.2 Å². The summed E-state index contributed by atoms with van der Waals surface area (Å²) < 4.78 is 0. The highest BCUT2D eigenvalue weighted by molar-refractivity contribution is 6.04. The maximum absolute atomic E-state index is 12.0. The average molecular weight is 303 g/mol. The van der Waals surface area contributed by atoms with E-state index in [2.05, 4.69) is 17.6 Å². The molecule has 0 spiro atoms. The van der Waals surface area contributed by atoms with Crippen molar-refractivity contribution < 1.29 is 9.59 Å². The highest BCUT2D eigenvalue weighted by Crippen LogP contribution is 2.03. The molecule has 1 atom stereocenters. The van der Waals surface area contributed by atoms with Gasteiger partial charge in [0.1, 0.15) is 0 Å². The van der Waals surface area contributed by atoms with Crippen molar-refractivity contribution in [3.8, 4) is 0 Å². The fourth-order valence-electron chi connectivity index (χ4n) is 2.04. The van der Waals surface area contributed by atoms with E-state index in [9.17, 15) is 9.59 Å². The van der Waals surface area contributed by atoms with E-state index in [1.165, 1.54) is 6.08 Å². The molecule has 1 aromatic carbocycles. The zero-order valence-electron chi connectivity index (χ0n) is 13.0. The molecule has 5 heteroatoms. The molecule has 1 rings (SSSR count). The minimum absolute atomic E-state index is 0.0764. The Bertz CT molecular complexity index is 486. The fraction of sp³-hybridized carbons (Fsp3) is 0.412. The number of ketones is 1. The molecule has 0 fully saturated rings. The van der Waals surface area contributed by atoms with Crippen molar-refractivity contribution in [1.82, 2.24) is 10.6 Å². The first-order valence-electron chi connectivity index (χ1n) is 7.59. The lowest BCUT2D eigenvalue weighted by atomic mass is 10.1. The molecule has 0 aromatic heterocycles. The van der Waals surface area contributed by atoms with Gasteiger partial charge in [-0.05, 0) is 19.8 Å². The van der Waals surface area contributed by atoms with Crippen LogP contribution < -0.4 is 16.4 Å². The molecular weight excluding hydrogens is 278 g/mol. The van der Waals surface area contributed by atoms with Crippen molar-refractivity contribution in [2.45, 2.75) is 32.2 Å². The lowest BCUT2D eigenvalue weighted by Gasteiger charge is -2.13. The summed E-state index contributed by atoms with van der Waals surface area (Å²) in [5.41, 5.74) is 7.05. The van der Waals surface area contributed by atoms with Crippen LogP contribution in [0.4, 0.5) is 0 Å². The van der Waals surface area contributed by atoms with Crippen LogP contribution in [-0.4, -0.2) is 31.3 Å². The number of nitrogens with two attached hydrogens (primary N) is 1. The molecule has 0 heterocycles. The molecule has 0 bridgehead atoms. The zero-order valence-corrected chi connectivity index (χ0v) is 13.0. The van der Waals surface area contributed by atoms with Gasteiger partial charge in [0, 0.05) is 36.5 Å². The first-order valence-corrected chi connectivity index (χ1v) is 7.59. The first kappa shape index (κ1) is 17.9. The highest BCUT2D eigenvalue weighted by atomic mass is 16.1. The molecule has 0 aliphatic carbocycles. The van der Waals surface area contributed by atoms with Gasteiger partial charge < -0.3 is 16.4 Å². The van der Waals surface area contributed by atoms with E-state index in [4.69, 9.17) is 5.73 Å². The number of carbonyl (C=O) groups is 2. The largest absolute Gasteiger partial charge is 0.401 e. The van der Waals surface area contributed by atoms with Crippen LogP contribution in [0.5, 0.6) is 0 Å². The van der Waals surface area contributed by atoms with Crippen molar-refractivity contribution in [1.29, 1.82) is 0 Å². The van der Waals surface area contributed by atoms with Gasteiger partial charge in [0.25, 0.3) is 0 Å². The van der Waals surface area contributed by atoms with E-state index in [1.54, 1.807) is 12.1 Å². The second kappa shape index (κ2) is 10.6. The molecule has 0 aliphatic rings. The van der Waals surface area contributed by atoms with Crippen molar-refractivity contribution in [3.05, 3.63) is 47.7 Å². The molecular formula is C17H25N3O2. The summed E-state index contributed by atoms with van der Waals surface area (Å²) in [5, 5.41) is 5.94. The summed E-state index contributed by atoms with van der Waals surface area (Å²) in [6.07, 6.45) is 5.19. The standard InChI is InChI=1S/C17H25N3O2/c1-14(7-5-6-10-19-13-21)20-12-16(18)11-17(22)15-8-3-2-4-9-15/h2-4,8-9,11,13-14,20H,5-7,10,12,18H2,1H3,(H,19,21)/b16-11-. The number of unbranched alkanes of at least 4 members (excludes halogenated alkanes) is 1. The second-order valence-corrected chi connectivity index (χ2v) is 5.30. The molecule has 1 unspecified atom stereocenters. The third-order valence-electron chi connectivity index (χ3n) is 3.32. The number of allylic oxidation sites excluding steroid dienone is 1. The number of rotatable bonds is 11. The number of hydrogen-bond donors (Lipinski definition) is 3. The Hall–Kier alpha value is -2.14. The predicted molar refractivity (Wildman–Crippen MR) is 88.4 cm³/mol. The molecule has 22 heavy (non-hydrogen) atoms. The summed E-state index contributed by atoms with van der Waals surface area (Å²) in [4.78, 5) is 22.1. The number of carbonyl (C=O) groups excluding carboxylic acids is 2. The maximum atomic E-state index is 12.0. The van der Waals surface area contributed by atoms with Gasteiger partial charge in [0.15, 0.2) is 5.78 Å². The predicted octanol–water partition coefficient (Wildman–Crippen LogP) is 1.61.